The van der Waals surface area contributed by atoms with Crippen LogP contribution in [0.15, 0.2) is 35.8 Å². The molecule has 2 aromatic rings. The largest absolute Gasteiger partial charge is 0.378 e. The fourth-order valence-corrected chi connectivity index (χ4v) is 3.10. The zero-order valence-electron chi connectivity index (χ0n) is 13.7. The molecular weight excluding hydrogens is 340 g/mol. The van der Waals surface area contributed by atoms with Crippen LogP contribution in [0.25, 0.3) is 0 Å². The van der Waals surface area contributed by atoms with E-state index in [4.69, 9.17) is 4.74 Å². The van der Waals surface area contributed by atoms with Crippen molar-refractivity contribution in [3.05, 3.63) is 40.7 Å². The zero-order valence-corrected chi connectivity index (χ0v) is 14.6. The molecule has 132 valence electrons. The summed E-state index contributed by atoms with van der Waals surface area (Å²) in [7, 11) is 0. The van der Waals surface area contributed by atoms with E-state index in [1.807, 2.05) is 17.5 Å². The standard InChI is InChI=1S/C17H20N4O3S/c22-16(5-6-18-17(23)14-2-1-11-25-14)20-15-4-3-13(12-19-15)21-7-9-24-10-8-21/h1-4,11-12H,5-10H2,(H,18,23)(H,19,20,22). The van der Waals surface area contributed by atoms with Crippen LogP contribution in [0.4, 0.5) is 11.5 Å². The van der Waals surface area contributed by atoms with Gasteiger partial charge in [-0.25, -0.2) is 4.98 Å². The Hall–Kier alpha value is -2.45. The third kappa shape index (κ3) is 5.01. The normalized spacial score (nSPS) is 14.2. The first kappa shape index (κ1) is 17.4. The van der Waals surface area contributed by atoms with Crippen molar-refractivity contribution in [1.29, 1.82) is 0 Å². The van der Waals surface area contributed by atoms with Gasteiger partial charge in [0.25, 0.3) is 5.91 Å². The Morgan fingerprint density at radius 3 is 2.76 bits per heavy atom. The number of hydrogen-bond donors (Lipinski definition) is 2. The van der Waals surface area contributed by atoms with Gasteiger partial charge in [-0.05, 0) is 23.6 Å². The van der Waals surface area contributed by atoms with Crippen LogP contribution in [-0.4, -0.2) is 49.6 Å². The van der Waals surface area contributed by atoms with Gasteiger partial charge in [0, 0.05) is 26.1 Å². The highest BCUT2D eigenvalue weighted by Crippen LogP contribution is 2.16. The van der Waals surface area contributed by atoms with Gasteiger partial charge in [0.1, 0.15) is 5.82 Å². The molecule has 0 bridgehead atoms. The molecule has 0 unspecified atom stereocenters. The van der Waals surface area contributed by atoms with Gasteiger partial charge in [-0.1, -0.05) is 6.07 Å². The lowest BCUT2D eigenvalue weighted by Gasteiger charge is -2.28. The Kier molecular flexibility index (Phi) is 5.97. The maximum Gasteiger partial charge on any atom is 0.261 e. The van der Waals surface area contributed by atoms with Crippen molar-refractivity contribution in [2.24, 2.45) is 0 Å². The Morgan fingerprint density at radius 1 is 1.24 bits per heavy atom. The number of carbonyl (C=O) groups excluding carboxylic acids is 2. The summed E-state index contributed by atoms with van der Waals surface area (Å²) < 4.78 is 5.33. The van der Waals surface area contributed by atoms with Crippen LogP contribution in [0.1, 0.15) is 16.1 Å². The molecule has 0 atom stereocenters. The lowest BCUT2D eigenvalue weighted by molar-refractivity contribution is -0.116. The molecule has 0 saturated carbocycles. The number of ether oxygens (including phenoxy) is 1. The van der Waals surface area contributed by atoms with Crippen molar-refractivity contribution in [3.8, 4) is 0 Å². The number of nitrogens with one attached hydrogen (secondary N) is 2. The molecule has 1 aliphatic heterocycles. The smallest absolute Gasteiger partial charge is 0.261 e. The summed E-state index contributed by atoms with van der Waals surface area (Å²) in [5.74, 6) is 0.167. The maximum atomic E-state index is 11.9. The molecule has 3 heterocycles. The third-order valence-electron chi connectivity index (χ3n) is 3.77. The molecule has 1 fully saturated rings. The van der Waals surface area contributed by atoms with E-state index in [0.717, 1.165) is 32.0 Å². The number of thiophene rings is 1. The van der Waals surface area contributed by atoms with Crippen LogP contribution >= 0.6 is 11.3 Å². The van der Waals surface area contributed by atoms with Gasteiger partial charge < -0.3 is 20.3 Å². The first-order valence-corrected chi connectivity index (χ1v) is 9.00. The van der Waals surface area contributed by atoms with E-state index in [9.17, 15) is 9.59 Å². The number of pyridine rings is 1. The van der Waals surface area contributed by atoms with Crippen molar-refractivity contribution < 1.29 is 14.3 Å². The van der Waals surface area contributed by atoms with Gasteiger partial charge >= 0.3 is 0 Å². The van der Waals surface area contributed by atoms with Crippen LogP contribution in [0, 0.1) is 0 Å². The minimum atomic E-state index is -0.182. The summed E-state index contributed by atoms with van der Waals surface area (Å²) in [5.41, 5.74) is 1.02. The first-order chi connectivity index (χ1) is 12.2. The van der Waals surface area contributed by atoms with E-state index in [-0.39, 0.29) is 24.8 Å². The summed E-state index contributed by atoms with van der Waals surface area (Å²) in [5, 5.41) is 7.31. The molecule has 1 saturated heterocycles. The molecule has 0 spiro atoms. The van der Waals surface area contributed by atoms with E-state index >= 15 is 0 Å². The average molecular weight is 360 g/mol. The summed E-state index contributed by atoms with van der Waals surface area (Å²) in [6, 6.07) is 7.29. The number of carbonyl (C=O) groups is 2. The number of amides is 2. The van der Waals surface area contributed by atoms with Crippen LogP contribution in [0.2, 0.25) is 0 Å². The molecule has 8 heteroatoms. The molecule has 7 nitrogen and oxygen atoms in total. The van der Waals surface area contributed by atoms with Crippen molar-refractivity contribution in [3.63, 3.8) is 0 Å². The molecule has 0 radical (unpaired) electrons. The highest BCUT2D eigenvalue weighted by Gasteiger charge is 2.12. The second-order valence-electron chi connectivity index (χ2n) is 5.53. The molecule has 2 aromatic heterocycles. The van der Waals surface area contributed by atoms with Crippen LogP contribution in [-0.2, 0) is 9.53 Å². The molecule has 1 aliphatic rings. The van der Waals surface area contributed by atoms with E-state index in [1.165, 1.54) is 11.3 Å². The molecular formula is C17H20N4O3S. The first-order valence-electron chi connectivity index (χ1n) is 8.13. The Bertz CT molecular complexity index is 697. The maximum absolute atomic E-state index is 11.9. The second-order valence-corrected chi connectivity index (χ2v) is 6.48. The molecule has 0 aliphatic carbocycles. The molecule has 3 rings (SSSR count). The van der Waals surface area contributed by atoms with Crippen LogP contribution in [0.5, 0.6) is 0 Å². The minimum absolute atomic E-state index is 0.157. The van der Waals surface area contributed by atoms with Gasteiger partial charge in [-0.15, -0.1) is 11.3 Å². The quantitative estimate of drug-likeness (QED) is 0.820. The van der Waals surface area contributed by atoms with Crippen molar-refractivity contribution in [2.75, 3.05) is 43.1 Å². The zero-order chi connectivity index (χ0) is 17.5. The van der Waals surface area contributed by atoms with Gasteiger partial charge in [-0.3, -0.25) is 9.59 Å². The van der Waals surface area contributed by atoms with E-state index in [0.29, 0.717) is 10.7 Å². The lowest BCUT2D eigenvalue weighted by atomic mass is 10.3. The number of morpholine rings is 1. The number of aromatic nitrogens is 1. The van der Waals surface area contributed by atoms with Crippen LogP contribution < -0.4 is 15.5 Å². The van der Waals surface area contributed by atoms with Gasteiger partial charge in [-0.2, -0.15) is 0 Å². The lowest BCUT2D eigenvalue weighted by Crippen LogP contribution is -2.36. The van der Waals surface area contributed by atoms with Crippen molar-refractivity contribution >= 4 is 34.7 Å². The SMILES string of the molecule is O=C(CCNC(=O)c1cccs1)Nc1ccc(N2CCOCC2)cn1. The number of nitrogens with zero attached hydrogens (tertiary/aromatic N) is 2. The van der Waals surface area contributed by atoms with Crippen molar-refractivity contribution in [1.82, 2.24) is 10.3 Å². The Balaban J connectivity index is 1.42. The van der Waals surface area contributed by atoms with Crippen LogP contribution in [0.3, 0.4) is 0 Å². The molecule has 0 aromatic carbocycles. The number of rotatable bonds is 6. The topological polar surface area (TPSA) is 83.6 Å². The monoisotopic (exact) mass is 360 g/mol. The van der Waals surface area contributed by atoms with E-state index in [1.54, 1.807) is 18.3 Å². The highest BCUT2D eigenvalue weighted by molar-refractivity contribution is 7.12. The van der Waals surface area contributed by atoms with Gasteiger partial charge in [0.05, 0.1) is 30.0 Å². The molecule has 2 amide bonds. The summed E-state index contributed by atoms with van der Waals surface area (Å²) in [6.45, 7) is 3.41. The fraction of sp³-hybridized carbons (Fsp3) is 0.353. The van der Waals surface area contributed by atoms with Gasteiger partial charge in [0.15, 0.2) is 0 Å². The summed E-state index contributed by atoms with van der Waals surface area (Å²) >= 11 is 1.37. The van der Waals surface area contributed by atoms with Crippen molar-refractivity contribution in [2.45, 2.75) is 6.42 Å². The Labute approximate surface area is 150 Å². The second kappa shape index (κ2) is 8.59. The predicted octanol–water partition coefficient (Wildman–Crippen LogP) is 1.74. The van der Waals surface area contributed by atoms with E-state index in [2.05, 4.69) is 20.5 Å². The summed E-state index contributed by atoms with van der Waals surface area (Å²) in [6.07, 6.45) is 1.95. The summed E-state index contributed by atoms with van der Waals surface area (Å²) in [4.78, 5) is 30.8. The Morgan fingerprint density at radius 2 is 2.08 bits per heavy atom. The molecule has 25 heavy (non-hydrogen) atoms. The van der Waals surface area contributed by atoms with E-state index < -0.39 is 0 Å². The predicted molar refractivity (Wildman–Crippen MR) is 97.2 cm³/mol. The number of hydrogen-bond acceptors (Lipinski definition) is 6. The molecule has 2 N–H and O–H groups in total. The minimum Gasteiger partial charge on any atom is -0.378 e. The average Bonchev–Trinajstić information content (AvgIpc) is 3.18. The highest BCUT2D eigenvalue weighted by atomic mass is 32.1. The van der Waals surface area contributed by atoms with Gasteiger partial charge in [0.2, 0.25) is 5.91 Å². The fourth-order valence-electron chi connectivity index (χ4n) is 2.46. The number of anilines is 2. The third-order valence-corrected chi connectivity index (χ3v) is 4.64.